The second-order valence-corrected chi connectivity index (χ2v) is 4.44. The van der Waals surface area contributed by atoms with E-state index in [2.05, 4.69) is 18.7 Å². The van der Waals surface area contributed by atoms with Crippen molar-refractivity contribution in [2.24, 2.45) is 11.7 Å². The highest BCUT2D eigenvalue weighted by Gasteiger charge is 2.29. The summed E-state index contributed by atoms with van der Waals surface area (Å²) in [6.45, 7) is 9.90. The normalized spacial score (nSPS) is 15.9. The molecule has 0 saturated carbocycles. The van der Waals surface area contributed by atoms with Crippen molar-refractivity contribution in [1.29, 1.82) is 0 Å². The van der Waals surface area contributed by atoms with Gasteiger partial charge in [-0.2, -0.15) is 0 Å². The van der Waals surface area contributed by atoms with Crippen LogP contribution >= 0.6 is 0 Å². The maximum absolute atomic E-state index is 10.8. The van der Waals surface area contributed by atoms with Crippen molar-refractivity contribution in [3.63, 3.8) is 0 Å². The number of carbonyl (C=O) groups is 1. The summed E-state index contributed by atoms with van der Waals surface area (Å²) in [6, 6.07) is 0. The molecular weight excluding hydrogens is 180 g/mol. The molecular formula is C10H22N2O2. The van der Waals surface area contributed by atoms with E-state index in [1.807, 2.05) is 6.92 Å². The Hall–Kier alpha value is -0.610. The molecule has 0 heterocycles. The molecule has 0 aliphatic carbocycles. The van der Waals surface area contributed by atoms with Crippen LogP contribution in [0.1, 0.15) is 27.7 Å². The molecule has 1 atom stereocenters. The van der Waals surface area contributed by atoms with E-state index >= 15 is 0 Å². The molecule has 0 fully saturated rings. The number of carboxylic acid groups (broad SMARTS) is 1. The zero-order valence-corrected chi connectivity index (χ0v) is 9.58. The van der Waals surface area contributed by atoms with Gasteiger partial charge in [-0.05, 0) is 19.4 Å². The molecule has 84 valence electrons. The molecule has 1 unspecified atom stereocenters. The Morgan fingerprint density at radius 2 is 2.07 bits per heavy atom. The van der Waals surface area contributed by atoms with Gasteiger partial charge in [-0.25, -0.2) is 0 Å². The highest BCUT2D eigenvalue weighted by molar-refractivity contribution is 5.78. The maximum Gasteiger partial charge on any atom is 0.324 e. The number of rotatable bonds is 6. The van der Waals surface area contributed by atoms with Crippen molar-refractivity contribution in [1.82, 2.24) is 4.90 Å². The molecule has 0 spiro atoms. The number of likely N-dealkylation sites (N-methyl/N-ethyl adjacent to an activating group) is 1. The Labute approximate surface area is 86.1 Å². The van der Waals surface area contributed by atoms with Crippen LogP contribution in [0.4, 0.5) is 0 Å². The van der Waals surface area contributed by atoms with Crippen LogP contribution in [-0.4, -0.2) is 41.1 Å². The summed E-state index contributed by atoms with van der Waals surface area (Å²) in [5.41, 5.74) is 4.52. The Morgan fingerprint density at radius 1 is 1.57 bits per heavy atom. The average Bonchev–Trinajstić information content (AvgIpc) is 2.01. The Bertz CT molecular complexity index is 191. The Kier molecular flexibility index (Phi) is 5.08. The van der Waals surface area contributed by atoms with Crippen LogP contribution in [0.5, 0.6) is 0 Å². The van der Waals surface area contributed by atoms with Gasteiger partial charge in [-0.1, -0.05) is 20.8 Å². The summed E-state index contributed by atoms with van der Waals surface area (Å²) >= 11 is 0. The van der Waals surface area contributed by atoms with Crippen molar-refractivity contribution < 1.29 is 9.90 Å². The minimum absolute atomic E-state index is 0.400. The molecule has 0 aromatic heterocycles. The van der Waals surface area contributed by atoms with Gasteiger partial charge in [-0.3, -0.25) is 4.79 Å². The van der Waals surface area contributed by atoms with Crippen LogP contribution in [-0.2, 0) is 4.79 Å². The van der Waals surface area contributed by atoms with Crippen LogP contribution in [0.3, 0.4) is 0 Å². The molecule has 4 heteroatoms. The fourth-order valence-electron chi connectivity index (χ4n) is 1.35. The first-order valence-electron chi connectivity index (χ1n) is 5.04. The van der Waals surface area contributed by atoms with Crippen molar-refractivity contribution in [3.8, 4) is 0 Å². The number of nitrogens with two attached hydrogens (primary N) is 1. The van der Waals surface area contributed by atoms with E-state index in [9.17, 15) is 4.79 Å². The summed E-state index contributed by atoms with van der Waals surface area (Å²) in [6.07, 6.45) is 0. The zero-order valence-electron chi connectivity index (χ0n) is 9.58. The second-order valence-electron chi connectivity index (χ2n) is 4.44. The quantitative estimate of drug-likeness (QED) is 0.667. The molecule has 3 N–H and O–H groups in total. The van der Waals surface area contributed by atoms with Gasteiger partial charge in [0.05, 0.1) is 0 Å². The van der Waals surface area contributed by atoms with Gasteiger partial charge in [-0.15, -0.1) is 0 Å². The predicted molar refractivity (Wildman–Crippen MR) is 57.2 cm³/mol. The number of aliphatic carboxylic acids is 1. The maximum atomic E-state index is 10.8. The SMILES string of the molecule is CCN(CC(C)C)CC(C)(N)C(=O)O. The first kappa shape index (κ1) is 13.4. The van der Waals surface area contributed by atoms with Gasteiger partial charge in [0.2, 0.25) is 0 Å². The van der Waals surface area contributed by atoms with Gasteiger partial charge in [0.15, 0.2) is 0 Å². The van der Waals surface area contributed by atoms with E-state index in [0.717, 1.165) is 13.1 Å². The minimum Gasteiger partial charge on any atom is -0.480 e. The van der Waals surface area contributed by atoms with Gasteiger partial charge in [0.25, 0.3) is 0 Å². The summed E-state index contributed by atoms with van der Waals surface area (Å²) in [4.78, 5) is 12.9. The molecule has 0 aromatic rings. The van der Waals surface area contributed by atoms with Crippen molar-refractivity contribution in [3.05, 3.63) is 0 Å². The third kappa shape index (κ3) is 4.58. The third-order valence-corrected chi connectivity index (χ3v) is 2.11. The van der Waals surface area contributed by atoms with E-state index in [1.165, 1.54) is 0 Å². The van der Waals surface area contributed by atoms with E-state index in [-0.39, 0.29) is 0 Å². The summed E-state index contributed by atoms with van der Waals surface area (Å²) in [5.74, 6) is -0.417. The van der Waals surface area contributed by atoms with Crippen LogP contribution < -0.4 is 5.73 Å². The standard InChI is InChI=1S/C10H22N2O2/c1-5-12(6-8(2)3)7-10(4,11)9(13)14/h8H,5-7,11H2,1-4H3,(H,13,14). The van der Waals surface area contributed by atoms with Crippen LogP contribution in [0, 0.1) is 5.92 Å². The summed E-state index contributed by atoms with van der Waals surface area (Å²) in [5, 5.41) is 8.87. The van der Waals surface area contributed by atoms with E-state index in [0.29, 0.717) is 12.5 Å². The third-order valence-electron chi connectivity index (χ3n) is 2.11. The number of hydrogen-bond acceptors (Lipinski definition) is 3. The molecule has 0 bridgehead atoms. The summed E-state index contributed by atoms with van der Waals surface area (Å²) < 4.78 is 0. The number of hydrogen-bond donors (Lipinski definition) is 2. The highest BCUT2D eigenvalue weighted by Crippen LogP contribution is 2.06. The average molecular weight is 202 g/mol. The number of carboxylic acids is 1. The lowest BCUT2D eigenvalue weighted by atomic mass is 10.0. The fraction of sp³-hybridized carbons (Fsp3) is 0.900. The van der Waals surface area contributed by atoms with E-state index in [4.69, 9.17) is 10.8 Å². The molecule has 0 radical (unpaired) electrons. The molecule has 0 aliphatic heterocycles. The smallest absolute Gasteiger partial charge is 0.324 e. The van der Waals surface area contributed by atoms with E-state index < -0.39 is 11.5 Å². The van der Waals surface area contributed by atoms with Crippen molar-refractivity contribution in [2.45, 2.75) is 33.2 Å². The van der Waals surface area contributed by atoms with Gasteiger partial charge in [0, 0.05) is 13.1 Å². The van der Waals surface area contributed by atoms with E-state index in [1.54, 1.807) is 6.92 Å². The molecule has 0 amide bonds. The molecule has 0 saturated heterocycles. The lowest BCUT2D eigenvalue weighted by Gasteiger charge is -2.29. The summed E-state index contributed by atoms with van der Waals surface area (Å²) in [7, 11) is 0. The van der Waals surface area contributed by atoms with Crippen LogP contribution in [0.15, 0.2) is 0 Å². The Balaban J connectivity index is 4.23. The predicted octanol–water partition coefficient (Wildman–Crippen LogP) is 0.766. The monoisotopic (exact) mass is 202 g/mol. The first-order chi connectivity index (χ1) is 6.29. The molecule has 0 rings (SSSR count). The molecule has 0 aliphatic rings. The molecule has 14 heavy (non-hydrogen) atoms. The van der Waals surface area contributed by atoms with Gasteiger partial charge < -0.3 is 15.7 Å². The zero-order chi connectivity index (χ0) is 11.4. The van der Waals surface area contributed by atoms with Gasteiger partial charge >= 0.3 is 5.97 Å². The number of nitrogens with zero attached hydrogens (tertiary/aromatic N) is 1. The topological polar surface area (TPSA) is 66.6 Å². The van der Waals surface area contributed by atoms with Crippen molar-refractivity contribution >= 4 is 5.97 Å². The Morgan fingerprint density at radius 3 is 2.36 bits per heavy atom. The largest absolute Gasteiger partial charge is 0.480 e. The van der Waals surface area contributed by atoms with Crippen LogP contribution in [0.2, 0.25) is 0 Å². The fourth-order valence-corrected chi connectivity index (χ4v) is 1.35. The minimum atomic E-state index is -1.15. The second kappa shape index (κ2) is 5.32. The lowest BCUT2D eigenvalue weighted by molar-refractivity contribution is -0.143. The molecule has 0 aromatic carbocycles. The lowest BCUT2D eigenvalue weighted by Crippen LogP contribution is -2.54. The first-order valence-corrected chi connectivity index (χ1v) is 5.04. The van der Waals surface area contributed by atoms with Crippen molar-refractivity contribution in [2.75, 3.05) is 19.6 Å². The highest BCUT2D eigenvalue weighted by atomic mass is 16.4. The van der Waals surface area contributed by atoms with Gasteiger partial charge in [0.1, 0.15) is 5.54 Å². The van der Waals surface area contributed by atoms with Crippen LogP contribution in [0.25, 0.3) is 0 Å². The molecule has 4 nitrogen and oxygen atoms in total.